The minimum absolute atomic E-state index is 0.0776. The Morgan fingerprint density at radius 3 is 1.95 bits per heavy atom. The number of carbonyl (C=O) groups excluding carboxylic acids is 3. The Balaban J connectivity index is 3.96. The third kappa shape index (κ3) is 8.17. The molecule has 0 spiro atoms. The van der Waals surface area contributed by atoms with E-state index in [4.69, 9.17) is 9.47 Å². The Morgan fingerprint density at radius 1 is 0.950 bits per heavy atom. The zero-order valence-electron chi connectivity index (χ0n) is 12.1. The van der Waals surface area contributed by atoms with E-state index in [-0.39, 0.29) is 19.8 Å². The highest BCUT2D eigenvalue weighted by Gasteiger charge is 2.19. The molecule has 0 fully saturated rings. The van der Waals surface area contributed by atoms with Gasteiger partial charge in [-0.05, 0) is 27.7 Å². The van der Waals surface area contributed by atoms with Crippen molar-refractivity contribution in [1.82, 2.24) is 5.32 Å². The molecule has 0 heterocycles. The molecule has 0 saturated heterocycles. The number of ether oxygens (including phenoxy) is 4. The summed E-state index contributed by atoms with van der Waals surface area (Å²) in [6.45, 7) is 6.73. The van der Waals surface area contributed by atoms with Gasteiger partial charge in [0.1, 0.15) is 6.10 Å². The predicted octanol–water partition coefficient (Wildman–Crippen LogP) is 1.23. The molecule has 0 aromatic carbocycles. The summed E-state index contributed by atoms with van der Waals surface area (Å²) < 4.78 is 18.7. The minimum Gasteiger partial charge on any atom is -0.435 e. The Labute approximate surface area is 117 Å². The maximum absolute atomic E-state index is 11.6. The van der Waals surface area contributed by atoms with Crippen LogP contribution < -0.4 is 5.32 Å². The van der Waals surface area contributed by atoms with Gasteiger partial charge in [-0.25, -0.2) is 9.59 Å². The summed E-state index contributed by atoms with van der Waals surface area (Å²) >= 11 is 0. The fourth-order valence-electron chi connectivity index (χ4n) is 1.10. The van der Waals surface area contributed by atoms with Crippen LogP contribution in [0.5, 0.6) is 0 Å². The summed E-state index contributed by atoms with van der Waals surface area (Å²) in [5.74, 6) is -0.516. The summed E-state index contributed by atoms with van der Waals surface area (Å²) in [6.07, 6.45) is -3.27. The molecular weight excluding hydrogens is 270 g/mol. The third-order valence-corrected chi connectivity index (χ3v) is 2.03. The highest BCUT2D eigenvalue weighted by atomic mass is 16.7. The molecule has 1 N–H and O–H groups in total. The first kappa shape index (κ1) is 18.0. The minimum atomic E-state index is -0.996. The highest BCUT2D eigenvalue weighted by Crippen LogP contribution is 1.97. The topological polar surface area (TPSA) is 100 Å². The lowest BCUT2D eigenvalue weighted by Gasteiger charge is -2.16. The van der Waals surface area contributed by atoms with Gasteiger partial charge in [0.15, 0.2) is 6.10 Å². The van der Waals surface area contributed by atoms with Crippen molar-refractivity contribution in [2.24, 2.45) is 0 Å². The molecule has 116 valence electrons. The molecule has 0 rings (SSSR count). The molecule has 20 heavy (non-hydrogen) atoms. The molecule has 0 aliphatic heterocycles. The van der Waals surface area contributed by atoms with Gasteiger partial charge < -0.3 is 24.3 Å². The molecule has 0 saturated carbocycles. The van der Waals surface area contributed by atoms with E-state index < -0.39 is 30.4 Å². The number of amides is 1. The summed E-state index contributed by atoms with van der Waals surface area (Å²) in [7, 11) is 0. The van der Waals surface area contributed by atoms with Crippen LogP contribution in [0.15, 0.2) is 0 Å². The van der Waals surface area contributed by atoms with Gasteiger partial charge in [-0.2, -0.15) is 0 Å². The van der Waals surface area contributed by atoms with Gasteiger partial charge in [-0.15, -0.1) is 0 Å². The maximum atomic E-state index is 11.6. The van der Waals surface area contributed by atoms with Gasteiger partial charge in [0, 0.05) is 0 Å². The van der Waals surface area contributed by atoms with Crippen molar-refractivity contribution in [2.45, 2.75) is 39.9 Å². The second-order valence-electron chi connectivity index (χ2n) is 3.80. The van der Waals surface area contributed by atoms with Crippen LogP contribution in [0, 0.1) is 0 Å². The smallest absolute Gasteiger partial charge is 0.435 e. The Morgan fingerprint density at radius 2 is 1.45 bits per heavy atom. The summed E-state index contributed by atoms with van der Waals surface area (Å²) in [5, 5.41) is 2.47. The van der Waals surface area contributed by atoms with Gasteiger partial charge in [0.25, 0.3) is 5.91 Å². The molecule has 0 aliphatic rings. The molecule has 8 nitrogen and oxygen atoms in total. The van der Waals surface area contributed by atoms with Crippen LogP contribution in [0.1, 0.15) is 27.7 Å². The number of hydrogen-bond donors (Lipinski definition) is 1. The van der Waals surface area contributed by atoms with Crippen molar-refractivity contribution >= 4 is 18.2 Å². The van der Waals surface area contributed by atoms with E-state index in [9.17, 15) is 14.4 Å². The second kappa shape index (κ2) is 9.88. The van der Waals surface area contributed by atoms with E-state index >= 15 is 0 Å². The van der Waals surface area contributed by atoms with Crippen LogP contribution in [0.25, 0.3) is 0 Å². The van der Waals surface area contributed by atoms with E-state index in [1.165, 1.54) is 6.92 Å². The lowest BCUT2D eigenvalue weighted by molar-refractivity contribution is -0.130. The lowest BCUT2D eigenvalue weighted by atomic mass is 10.3. The van der Waals surface area contributed by atoms with Crippen molar-refractivity contribution < 1.29 is 33.3 Å². The lowest BCUT2D eigenvalue weighted by Crippen LogP contribution is -2.40. The van der Waals surface area contributed by atoms with E-state index in [1.807, 2.05) is 0 Å². The van der Waals surface area contributed by atoms with E-state index in [1.54, 1.807) is 20.8 Å². The fraction of sp³-hybridized carbons (Fsp3) is 0.750. The molecule has 0 aliphatic carbocycles. The number of carbonyl (C=O) groups is 3. The van der Waals surface area contributed by atoms with Crippen molar-refractivity contribution in [2.75, 3.05) is 19.8 Å². The van der Waals surface area contributed by atoms with Crippen LogP contribution in [-0.2, 0) is 23.7 Å². The van der Waals surface area contributed by atoms with Crippen LogP contribution >= 0.6 is 0 Å². The molecular formula is C12H21NO7. The third-order valence-electron chi connectivity index (χ3n) is 2.03. The van der Waals surface area contributed by atoms with E-state index in [0.29, 0.717) is 0 Å². The first-order valence-corrected chi connectivity index (χ1v) is 6.35. The average Bonchev–Trinajstić information content (AvgIpc) is 2.36. The molecule has 8 heteroatoms. The van der Waals surface area contributed by atoms with E-state index in [2.05, 4.69) is 14.8 Å². The van der Waals surface area contributed by atoms with Gasteiger partial charge in [0.2, 0.25) is 0 Å². The quantitative estimate of drug-likeness (QED) is 0.704. The van der Waals surface area contributed by atoms with Gasteiger partial charge in [-0.3, -0.25) is 4.79 Å². The SMILES string of the molecule is CCOC(=O)O[C@H](C)CNC(=O)[C@H](C)OC(=O)OCC. The van der Waals surface area contributed by atoms with Crippen LogP contribution in [-0.4, -0.2) is 50.2 Å². The predicted molar refractivity (Wildman–Crippen MR) is 68.1 cm³/mol. The van der Waals surface area contributed by atoms with Crippen molar-refractivity contribution in [1.29, 1.82) is 0 Å². The number of hydrogen-bond acceptors (Lipinski definition) is 7. The van der Waals surface area contributed by atoms with Gasteiger partial charge >= 0.3 is 12.3 Å². The Hall–Kier alpha value is -1.99. The monoisotopic (exact) mass is 291 g/mol. The number of nitrogens with one attached hydrogen (secondary N) is 1. The van der Waals surface area contributed by atoms with Crippen LogP contribution in [0.4, 0.5) is 9.59 Å². The largest absolute Gasteiger partial charge is 0.509 e. The van der Waals surface area contributed by atoms with Gasteiger partial charge in [-0.1, -0.05) is 0 Å². The summed E-state index contributed by atoms with van der Waals surface area (Å²) in [4.78, 5) is 33.6. The fourth-order valence-corrected chi connectivity index (χ4v) is 1.10. The van der Waals surface area contributed by atoms with Crippen LogP contribution in [0.3, 0.4) is 0 Å². The number of rotatable bonds is 7. The molecule has 1 amide bonds. The van der Waals surface area contributed by atoms with Crippen molar-refractivity contribution in [3.8, 4) is 0 Å². The Bertz CT molecular complexity index is 332. The zero-order chi connectivity index (χ0) is 15.5. The molecule has 0 radical (unpaired) electrons. The molecule has 0 aromatic heterocycles. The second-order valence-corrected chi connectivity index (χ2v) is 3.80. The molecule has 0 bridgehead atoms. The molecule has 0 unspecified atom stereocenters. The first-order chi connectivity index (χ1) is 9.40. The van der Waals surface area contributed by atoms with Gasteiger partial charge in [0.05, 0.1) is 19.8 Å². The Kier molecular flexibility index (Phi) is 8.89. The van der Waals surface area contributed by atoms with Crippen molar-refractivity contribution in [3.63, 3.8) is 0 Å². The standard InChI is InChI=1S/C12H21NO7/c1-5-17-11(15)19-8(3)7-13-10(14)9(4)20-12(16)18-6-2/h8-9H,5-7H2,1-4H3,(H,13,14)/t8-,9+/m1/s1. The normalized spacial score (nSPS) is 12.8. The first-order valence-electron chi connectivity index (χ1n) is 6.35. The summed E-state index contributed by atoms with van der Waals surface area (Å²) in [6, 6.07) is 0. The maximum Gasteiger partial charge on any atom is 0.509 e. The summed E-state index contributed by atoms with van der Waals surface area (Å²) in [5.41, 5.74) is 0. The molecule has 0 aromatic rings. The molecule has 2 atom stereocenters. The van der Waals surface area contributed by atoms with E-state index in [0.717, 1.165) is 0 Å². The van der Waals surface area contributed by atoms with Crippen molar-refractivity contribution in [3.05, 3.63) is 0 Å². The van der Waals surface area contributed by atoms with Crippen LogP contribution in [0.2, 0.25) is 0 Å². The highest BCUT2D eigenvalue weighted by molar-refractivity contribution is 5.82. The average molecular weight is 291 g/mol. The zero-order valence-corrected chi connectivity index (χ0v) is 12.1.